The van der Waals surface area contributed by atoms with Gasteiger partial charge in [-0.3, -0.25) is 0 Å². The lowest BCUT2D eigenvalue weighted by atomic mass is 10.4. The van der Waals surface area contributed by atoms with Crippen LogP contribution < -0.4 is 5.30 Å². The molecule has 0 aromatic heterocycles. The Morgan fingerprint density at radius 3 is 2.00 bits per heavy atom. The molecule has 0 amide bonds. The van der Waals surface area contributed by atoms with Gasteiger partial charge in [-0.05, 0) is 25.5 Å². The van der Waals surface area contributed by atoms with E-state index in [2.05, 4.69) is 12.6 Å². The van der Waals surface area contributed by atoms with Gasteiger partial charge in [0.2, 0.25) is 0 Å². The molecule has 0 heterocycles. The van der Waals surface area contributed by atoms with Crippen LogP contribution in [0.1, 0.15) is 0 Å². The Morgan fingerprint density at radius 1 is 1.18 bits per heavy atom. The zero-order valence-electron chi connectivity index (χ0n) is 6.61. The first-order chi connectivity index (χ1) is 5.00. The third-order valence-corrected chi connectivity index (χ3v) is 3.31. The normalized spacial score (nSPS) is 11.5. The van der Waals surface area contributed by atoms with Gasteiger partial charge < -0.3 is 4.57 Å². The van der Waals surface area contributed by atoms with Gasteiger partial charge >= 0.3 is 0 Å². The van der Waals surface area contributed by atoms with Gasteiger partial charge in [0, 0.05) is 10.2 Å². The van der Waals surface area contributed by atoms with Crippen molar-refractivity contribution in [3.63, 3.8) is 0 Å². The molecule has 0 unspecified atom stereocenters. The summed E-state index contributed by atoms with van der Waals surface area (Å²) in [5, 5.41) is 0.912. The average molecular weight is 186 g/mol. The minimum atomic E-state index is -2.07. The molecule has 0 radical (unpaired) electrons. The summed E-state index contributed by atoms with van der Waals surface area (Å²) in [5.41, 5.74) is 0. The molecule has 0 bridgehead atoms. The van der Waals surface area contributed by atoms with Crippen LogP contribution in [0.5, 0.6) is 0 Å². The molecule has 0 aliphatic carbocycles. The Balaban J connectivity index is 3.09. The first-order valence-corrected chi connectivity index (χ1v) is 6.39. The van der Waals surface area contributed by atoms with Gasteiger partial charge in [0.05, 0.1) is 0 Å². The maximum absolute atomic E-state index is 11.5. The van der Waals surface area contributed by atoms with Crippen LogP contribution in [0.4, 0.5) is 0 Å². The fourth-order valence-corrected chi connectivity index (χ4v) is 1.83. The van der Waals surface area contributed by atoms with Crippen molar-refractivity contribution in [1.29, 1.82) is 0 Å². The van der Waals surface area contributed by atoms with Gasteiger partial charge in [-0.15, -0.1) is 12.6 Å². The van der Waals surface area contributed by atoms with E-state index in [1.165, 1.54) is 0 Å². The van der Waals surface area contributed by atoms with E-state index in [-0.39, 0.29) is 0 Å². The third kappa shape index (κ3) is 2.39. The molecule has 0 N–H and O–H groups in total. The Hall–Kier alpha value is -0.200. The zero-order valence-corrected chi connectivity index (χ0v) is 8.40. The number of hydrogen-bond donors (Lipinski definition) is 1. The van der Waals surface area contributed by atoms with Gasteiger partial charge in [0.25, 0.3) is 0 Å². The number of hydrogen-bond acceptors (Lipinski definition) is 2. The highest BCUT2D eigenvalue weighted by Crippen LogP contribution is 2.34. The van der Waals surface area contributed by atoms with Crippen LogP contribution in [0.2, 0.25) is 0 Å². The van der Waals surface area contributed by atoms with Crippen LogP contribution in [0.3, 0.4) is 0 Å². The lowest BCUT2D eigenvalue weighted by Gasteiger charge is -2.05. The highest BCUT2D eigenvalue weighted by atomic mass is 32.1. The van der Waals surface area contributed by atoms with Gasteiger partial charge in [-0.25, -0.2) is 0 Å². The van der Waals surface area contributed by atoms with Crippen LogP contribution in [0.15, 0.2) is 29.2 Å². The Kier molecular flexibility index (Phi) is 2.46. The van der Waals surface area contributed by atoms with Crippen LogP contribution in [-0.2, 0) is 4.57 Å². The smallest absolute Gasteiger partial charge is 0.109 e. The van der Waals surface area contributed by atoms with E-state index in [1.54, 1.807) is 13.3 Å². The molecule has 0 fully saturated rings. The van der Waals surface area contributed by atoms with Crippen LogP contribution >= 0.6 is 19.8 Å². The fraction of sp³-hybridized carbons (Fsp3) is 0.250. The first kappa shape index (κ1) is 8.89. The van der Waals surface area contributed by atoms with E-state index in [4.69, 9.17) is 0 Å². The quantitative estimate of drug-likeness (QED) is 0.525. The van der Waals surface area contributed by atoms with Crippen molar-refractivity contribution in [1.82, 2.24) is 0 Å². The van der Waals surface area contributed by atoms with Crippen molar-refractivity contribution in [2.24, 2.45) is 0 Å². The number of benzene rings is 1. The molecule has 11 heavy (non-hydrogen) atoms. The van der Waals surface area contributed by atoms with Crippen LogP contribution in [0, 0.1) is 0 Å². The molecule has 1 rings (SSSR count). The summed E-state index contributed by atoms with van der Waals surface area (Å²) < 4.78 is 11.5. The van der Waals surface area contributed by atoms with Crippen molar-refractivity contribution in [2.75, 3.05) is 13.3 Å². The molecule has 0 saturated heterocycles. The van der Waals surface area contributed by atoms with Gasteiger partial charge in [0.15, 0.2) is 0 Å². The van der Waals surface area contributed by atoms with Crippen molar-refractivity contribution < 1.29 is 4.57 Å². The van der Waals surface area contributed by atoms with E-state index in [9.17, 15) is 4.57 Å². The third-order valence-electron chi connectivity index (χ3n) is 1.47. The van der Waals surface area contributed by atoms with Gasteiger partial charge in [0.1, 0.15) is 7.14 Å². The summed E-state index contributed by atoms with van der Waals surface area (Å²) in [4.78, 5) is 0.905. The summed E-state index contributed by atoms with van der Waals surface area (Å²) >= 11 is 4.14. The standard InChI is InChI=1S/C8H11OPS/c1-10(2,9)7-3-5-8(11)6-4-7/h3-6,11H,1-2H3. The molecule has 3 heteroatoms. The van der Waals surface area contributed by atoms with E-state index in [0.717, 1.165) is 10.2 Å². The molecule has 1 nitrogen and oxygen atoms in total. The second kappa shape index (κ2) is 3.04. The van der Waals surface area contributed by atoms with Gasteiger partial charge in [-0.1, -0.05) is 12.1 Å². The molecule has 60 valence electrons. The molecule has 1 aromatic rings. The topological polar surface area (TPSA) is 17.1 Å². The maximum atomic E-state index is 11.5. The predicted molar refractivity (Wildman–Crippen MR) is 52.8 cm³/mol. The molecule has 0 aliphatic rings. The van der Waals surface area contributed by atoms with Crippen molar-refractivity contribution in [2.45, 2.75) is 4.90 Å². The van der Waals surface area contributed by atoms with Crippen molar-refractivity contribution in [3.05, 3.63) is 24.3 Å². The summed E-state index contributed by atoms with van der Waals surface area (Å²) in [6.07, 6.45) is 0. The molecule has 0 saturated carbocycles. The molecular weight excluding hydrogens is 175 g/mol. The second-order valence-corrected chi connectivity index (χ2v) is 6.60. The highest BCUT2D eigenvalue weighted by Gasteiger charge is 2.08. The highest BCUT2D eigenvalue weighted by molar-refractivity contribution is 7.80. The van der Waals surface area contributed by atoms with Crippen LogP contribution in [-0.4, -0.2) is 13.3 Å². The minimum absolute atomic E-state index is 0.905. The maximum Gasteiger partial charge on any atom is 0.109 e. The van der Waals surface area contributed by atoms with E-state index >= 15 is 0 Å². The summed E-state index contributed by atoms with van der Waals surface area (Å²) in [6.45, 7) is 3.53. The number of rotatable bonds is 1. The Labute approximate surface area is 72.6 Å². The van der Waals surface area contributed by atoms with E-state index in [1.807, 2.05) is 24.3 Å². The largest absolute Gasteiger partial charge is 0.319 e. The van der Waals surface area contributed by atoms with Gasteiger partial charge in [-0.2, -0.15) is 0 Å². The summed E-state index contributed by atoms with van der Waals surface area (Å²) in [7, 11) is -2.07. The molecule has 0 aliphatic heterocycles. The Morgan fingerprint density at radius 2 is 1.64 bits per heavy atom. The summed E-state index contributed by atoms with van der Waals surface area (Å²) in [6, 6.07) is 7.45. The lowest BCUT2D eigenvalue weighted by Crippen LogP contribution is -2.00. The molecule has 0 spiro atoms. The SMILES string of the molecule is CP(C)(=O)c1ccc(S)cc1. The monoisotopic (exact) mass is 186 g/mol. The Bertz CT molecular complexity index is 285. The predicted octanol–water partition coefficient (Wildman–Crippen LogP) is 2.22. The summed E-state index contributed by atoms with van der Waals surface area (Å²) in [5.74, 6) is 0. The van der Waals surface area contributed by atoms with Crippen LogP contribution in [0.25, 0.3) is 0 Å². The minimum Gasteiger partial charge on any atom is -0.319 e. The van der Waals surface area contributed by atoms with Crippen molar-refractivity contribution >= 4 is 25.1 Å². The lowest BCUT2D eigenvalue weighted by molar-refractivity contribution is 0.588. The molecular formula is C8H11OPS. The second-order valence-electron chi connectivity index (χ2n) is 2.87. The fourth-order valence-electron chi connectivity index (χ4n) is 0.812. The zero-order chi connectivity index (χ0) is 8.48. The van der Waals surface area contributed by atoms with E-state index < -0.39 is 7.14 Å². The van der Waals surface area contributed by atoms with E-state index in [0.29, 0.717) is 0 Å². The number of thiol groups is 1. The molecule has 1 aromatic carbocycles. The average Bonchev–Trinajstić information content (AvgIpc) is 1.86. The first-order valence-electron chi connectivity index (χ1n) is 3.35. The van der Waals surface area contributed by atoms with Crippen molar-refractivity contribution in [3.8, 4) is 0 Å². The molecule has 0 atom stereocenters.